The average Bonchev–Trinajstić information content (AvgIpc) is 2.49. The Balaban J connectivity index is 2.24. The number of halogens is 1. The molecule has 1 aromatic carbocycles. The van der Waals surface area contributed by atoms with Gasteiger partial charge in [-0.3, -0.25) is 0 Å². The lowest BCUT2D eigenvalue weighted by Crippen LogP contribution is -2.13. The largest absolute Gasteiger partial charge is 0.493 e. The molecular weight excluding hydrogens is 282 g/mol. The van der Waals surface area contributed by atoms with Crippen molar-refractivity contribution in [3.8, 4) is 5.75 Å². The van der Waals surface area contributed by atoms with Gasteiger partial charge in [-0.25, -0.2) is 0 Å². The average molecular weight is 312 g/mol. The molecule has 0 atom stereocenters. The second-order valence-corrected chi connectivity index (χ2v) is 5.94. The first-order valence-corrected chi connectivity index (χ1v) is 8.77. The predicted octanol–water partition coefficient (Wildman–Crippen LogP) is 5.58. The maximum absolute atomic E-state index is 6.06. The van der Waals surface area contributed by atoms with Crippen molar-refractivity contribution >= 4 is 11.6 Å². The van der Waals surface area contributed by atoms with Crippen LogP contribution in [0.2, 0.25) is 5.02 Å². The summed E-state index contributed by atoms with van der Waals surface area (Å²) in [7, 11) is 0. The lowest BCUT2D eigenvalue weighted by molar-refractivity contribution is 0.300. The van der Waals surface area contributed by atoms with Gasteiger partial charge in [0.15, 0.2) is 0 Å². The van der Waals surface area contributed by atoms with Gasteiger partial charge in [0.1, 0.15) is 5.75 Å². The van der Waals surface area contributed by atoms with E-state index in [1.54, 1.807) is 0 Å². The number of rotatable bonds is 12. The predicted molar refractivity (Wildman–Crippen MR) is 92.3 cm³/mol. The van der Waals surface area contributed by atoms with E-state index in [4.69, 9.17) is 16.3 Å². The Bertz CT molecular complexity index is 381. The fourth-order valence-electron chi connectivity index (χ4n) is 2.33. The summed E-state index contributed by atoms with van der Waals surface area (Å²) >= 11 is 6.06. The molecule has 2 nitrogen and oxygen atoms in total. The van der Waals surface area contributed by atoms with E-state index in [9.17, 15) is 0 Å². The summed E-state index contributed by atoms with van der Waals surface area (Å²) in [6.07, 6.45) is 9.15. The molecule has 0 saturated carbocycles. The molecule has 0 aliphatic carbocycles. The molecule has 0 amide bonds. The number of hydrogen-bond acceptors (Lipinski definition) is 2. The van der Waals surface area contributed by atoms with Crippen LogP contribution < -0.4 is 10.1 Å². The van der Waals surface area contributed by atoms with Gasteiger partial charge >= 0.3 is 0 Å². The molecule has 0 bridgehead atoms. The highest BCUT2D eigenvalue weighted by Crippen LogP contribution is 2.23. The minimum absolute atomic E-state index is 0.770. The normalized spacial score (nSPS) is 10.8. The molecule has 0 aromatic heterocycles. The molecule has 1 aromatic rings. The zero-order chi connectivity index (χ0) is 15.3. The number of nitrogens with one attached hydrogen (secondary N) is 1. The summed E-state index contributed by atoms with van der Waals surface area (Å²) in [5, 5.41) is 4.09. The Kier molecular flexibility index (Phi) is 10.4. The molecule has 0 heterocycles. The molecule has 1 rings (SSSR count). The van der Waals surface area contributed by atoms with Gasteiger partial charge < -0.3 is 10.1 Å². The minimum Gasteiger partial charge on any atom is -0.493 e. The lowest BCUT2D eigenvalue weighted by atomic mass is 10.1. The fourth-order valence-corrected chi connectivity index (χ4v) is 2.52. The smallest absolute Gasteiger partial charge is 0.123 e. The van der Waals surface area contributed by atoms with Crippen LogP contribution in [0.4, 0.5) is 0 Å². The summed E-state index contributed by atoms with van der Waals surface area (Å²) in [6, 6.07) is 5.87. The van der Waals surface area contributed by atoms with Crippen molar-refractivity contribution in [1.29, 1.82) is 0 Å². The molecule has 120 valence electrons. The number of hydrogen-bond donors (Lipinski definition) is 1. The monoisotopic (exact) mass is 311 g/mol. The van der Waals surface area contributed by atoms with Crippen molar-refractivity contribution in [2.75, 3.05) is 13.2 Å². The number of ether oxygens (including phenoxy) is 1. The summed E-state index contributed by atoms with van der Waals surface area (Å²) in [6.45, 7) is 6.91. The van der Waals surface area contributed by atoms with E-state index >= 15 is 0 Å². The van der Waals surface area contributed by atoms with Gasteiger partial charge in [0.25, 0.3) is 0 Å². The molecular formula is C18H30ClNO. The maximum Gasteiger partial charge on any atom is 0.123 e. The third-order valence-corrected chi connectivity index (χ3v) is 3.83. The number of benzene rings is 1. The Morgan fingerprint density at radius 2 is 1.71 bits per heavy atom. The first-order valence-electron chi connectivity index (χ1n) is 8.39. The molecule has 0 aliphatic rings. The Hall–Kier alpha value is -0.730. The van der Waals surface area contributed by atoms with Crippen LogP contribution in [0.15, 0.2) is 18.2 Å². The van der Waals surface area contributed by atoms with Gasteiger partial charge in [-0.1, -0.05) is 64.0 Å². The zero-order valence-corrected chi connectivity index (χ0v) is 14.3. The van der Waals surface area contributed by atoms with Gasteiger partial charge in [-0.05, 0) is 31.2 Å². The third-order valence-electron chi connectivity index (χ3n) is 3.59. The zero-order valence-electron chi connectivity index (χ0n) is 13.6. The van der Waals surface area contributed by atoms with Gasteiger partial charge in [0.2, 0.25) is 0 Å². The molecule has 0 radical (unpaired) electrons. The fraction of sp³-hybridized carbons (Fsp3) is 0.667. The molecule has 0 aliphatic heterocycles. The van der Waals surface area contributed by atoms with Crippen LogP contribution in [0.25, 0.3) is 0 Å². The highest BCUT2D eigenvalue weighted by Gasteiger charge is 2.04. The van der Waals surface area contributed by atoms with Gasteiger partial charge in [0.05, 0.1) is 6.61 Å². The number of unbranched alkanes of at least 4 members (excludes halogenated alkanes) is 6. The summed E-state index contributed by atoms with van der Waals surface area (Å²) in [4.78, 5) is 0. The molecule has 3 heteroatoms. The van der Waals surface area contributed by atoms with E-state index in [1.165, 1.54) is 38.5 Å². The second kappa shape index (κ2) is 11.9. The van der Waals surface area contributed by atoms with E-state index in [0.29, 0.717) is 0 Å². The maximum atomic E-state index is 6.06. The molecule has 0 saturated heterocycles. The SMILES string of the molecule is CCCCCCCCCOc1ccc(Cl)cc1CNCC. The summed E-state index contributed by atoms with van der Waals surface area (Å²) < 4.78 is 5.92. The Morgan fingerprint density at radius 3 is 2.43 bits per heavy atom. The van der Waals surface area contributed by atoms with E-state index in [0.717, 1.165) is 42.5 Å². The molecule has 0 spiro atoms. The van der Waals surface area contributed by atoms with Crippen LogP contribution in [0.3, 0.4) is 0 Å². The van der Waals surface area contributed by atoms with Crippen LogP contribution in [-0.4, -0.2) is 13.2 Å². The minimum atomic E-state index is 0.770. The van der Waals surface area contributed by atoms with Crippen molar-refractivity contribution in [3.63, 3.8) is 0 Å². The van der Waals surface area contributed by atoms with Crippen molar-refractivity contribution in [1.82, 2.24) is 5.32 Å². The standard InChI is InChI=1S/C18H30ClNO/c1-3-5-6-7-8-9-10-13-21-18-12-11-17(19)14-16(18)15-20-4-2/h11-12,14,20H,3-10,13,15H2,1-2H3. The Morgan fingerprint density at radius 1 is 1.00 bits per heavy atom. The van der Waals surface area contributed by atoms with Crippen molar-refractivity contribution in [2.45, 2.75) is 65.3 Å². The van der Waals surface area contributed by atoms with Gasteiger partial charge in [0, 0.05) is 17.1 Å². The van der Waals surface area contributed by atoms with Crippen LogP contribution in [-0.2, 0) is 6.54 Å². The van der Waals surface area contributed by atoms with E-state index in [1.807, 2.05) is 18.2 Å². The van der Waals surface area contributed by atoms with Crippen molar-refractivity contribution in [2.24, 2.45) is 0 Å². The van der Waals surface area contributed by atoms with E-state index < -0.39 is 0 Å². The molecule has 0 unspecified atom stereocenters. The van der Waals surface area contributed by atoms with E-state index in [2.05, 4.69) is 19.2 Å². The molecule has 21 heavy (non-hydrogen) atoms. The quantitative estimate of drug-likeness (QED) is 0.509. The van der Waals surface area contributed by atoms with Crippen molar-refractivity contribution < 1.29 is 4.74 Å². The van der Waals surface area contributed by atoms with Crippen molar-refractivity contribution in [3.05, 3.63) is 28.8 Å². The Labute approximate surface area is 135 Å². The first kappa shape index (κ1) is 18.3. The van der Waals surface area contributed by atoms with Crippen LogP contribution in [0.5, 0.6) is 5.75 Å². The second-order valence-electron chi connectivity index (χ2n) is 5.50. The first-order chi connectivity index (χ1) is 10.3. The van der Waals surface area contributed by atoms with Crippen LogP contribution in [0, 0.1) is 0 Å². The highest BCUT2D eigenvalue weighted by atomic mass is 35.5. The van der Waals surface area contributed by atoms with Gasteiger partial charge in [-0.2, -0.15) is 0 Å². The van der Waals surface area contributed by atoms with Crippen LogP contribution in [0.1, 0.15) is 64.4 Å². The summed E-state index contributed by atoms with van der Waals surface area (Å²) in [5.74, 6) is 0.964. The molecule has 1 N–H and O–H groups in total. The highest BCUT2D eigenvalue weighted by molar-refractivity contribution is 6.30. The van der Waals surface area contributed by atoms with Crippen LogP contribution >= 0.6 is 11.6 Å². The topological polar surface area (TPSA) is 21.3 Å². The lowest BCUT2D eigenvalue weighted by Gasteiger charge is -2.12. The third kappa shape index (κ3) is 8.33. The molecule has 0 fully saturated rings. The van der Waals surface area contributed by atoms with Gasteiger partial charge in [-0.15, -0.1) is 0 Å². The van der Waals surface area contributed by atoms with E-state index in [-0.39, 0.29) is 0 Å². The summed E-state index contributed by atoms with van der Waals surface area (Å²) in [5.41, 5.74) is 1.15.